The number of carbonyl (C=O) groups excluding carboxylic acids is 4. The summed E-state index contributed by atoms with van der Waals surface area (Å²) in [7, 11) is 0. The number of aliphatic carboxylic acids is 1. The number of nitrogens with zero attached hydrogens (tertiary/aromatic N) is 1. The van der Waals surface area contributed by atoms with Crippen molar-refractivity contribution in [2.24, 2.45) is 33.8 Å². The van der Waals surface area contributed by atoms with E-state index in [9.17, 15) is 29.1 Å². The Morgan fingerprint density at radius 3 is 1.82 bits per heavy atom. The summed E-state index contributed by atoms with van der Waals surface area (Å²) >= 11 is 0. The molecule has 0 bridgehead atoms. The smallest absolute Gasteiger partial charge is 0.326 e. The molecule has 224 valence electrons. The highest BCUT2D eigenvalue weighted by molar-refractivity contribution is 5.95. The molecule has 16 nitrogen and oxygen atoms in total. The quantitative estimate of drug-likeness (QED) is 0.0415. The van der Waals surface area contributed by atoms with Crippen molar-refractivity contribution in [2.75, 3.05) is 19.7 Å². The minimum absolute atomic E-state index is 0.0915. The van der Waals surface area contributed by atoms with Gasteiger partial charge in [-0.05, 0) is 51.5 Å². The lowest BCUT2D eigenvalue weighted by Crippen LogP contribution is -2.58. The van der Waals surface area contributed by atoms with Gasteiger partial charge in [-0.3, -0.25) is 24.2 Å². The Balaban J connectivity index is 5.58. The standard InChI is InChI=1S/C23H45N9O7/c1-12(2)17(22(38)39)32-18(34)13(3)29-20(36)15(7-4-5-9-24)31-21(37)16(8-6-10-28-23(26)27)30-19(35)14(25)11-33/h12-17,33H,4-11,24-25H2,1-3H3,(H,29,36)(H,30,35)(H,31,37)(H,32,34)(H,38,39)(H4,26,27,28)/t13-,14-,15-,16-,17-/m0/s1. The van der Waals surface area contributed by atoms with Crippen molar-refractivity contribution in [1.82, 2.24) is 21.3 Å². The first-order chi connectivity index (χ1) is 18.2. The van der Waals surface area contributed by atoms with Crippen molar-refractivity contribution in [3.8, 4) is 0 Å². The van der Waals surface area contributed by atoms with Gasteiger partial charge in [0.25, 0.3) is 0 Å². The number of guanidine groups is 1. The van der Waals surface area contributed by atoms with Crippen molar-refractivity contribution < 1.29 is 34.2 Å². The van der Waals surface area contributed by atoms with Crippen LogP contribution in [0.3, 0.4) is 0 Å². The second kappa shape index (κ2) is 18.7. The number of rotatable bonds is 19. The van der Waals surface area contributed by atoms with Crippen molar-refractivity contribution in [2.45, 2.75) is 83.1 Å². The van der Waals surface area contributed by atoms with Crippen LogP contribution in [0.25, 0.3) is 0 Å². The maximum absolute atomic E-state index is 13.1. The highest BCUT2D eigenvalue weighted by atomic mass is 16.4. The maximum atomic E-state index is 13.1. The fourth-order valence-corrected chi connectivity index (χ4v) is 3.34. The zero-order valence-corrected chi connectivity index (χ0v) is 22.8. The molecule has 0 aromatic rings. The molecule has 5 atom stereocenters. The number of aliphatic imine (C=N–C) groups is 1. The Morgan fingerprint density at radius 2 is 1.33 bits per heavy atom. The molecule has 0 radical (unpaired) electrons. The Labute approximate surface area is 228 Å². The predicted octanol–water partition coefficient (Wildman–Crippen LogP) is -3.81. The maximum Gasteiger partial charge on any atom is 0.326 e. The van der Waals surface area contributed by atoms with E-state index >= 15 is 0 Å². The number of aliphatic hydroxyl groups excluding tert-OH is 1. The number of hydrogen-bond acceptors (Lipinski definition) is 9. The first-order valence-corrected chi connectivity index (χ1v) is 12.8. The fourth-order valence-electron chi connectivity index (χ4n) is 3.34. The van der Waals surface area contributed by atoms with Gasteiger partial charge < -0.3 is 54.4 Å². The SMILES string of the molecule is CC(C)[C@H](NC(=O)[C@H](C)NC(=O)[C@H](CCCCN)NC(=O)[C@H](CCCN=C(N)N)NC(=O)[C@@H](N)CO)C(=O)O. The van der Waals surface area contributed by atoms with Crippen LogP contribution in [0.5, 0.6) is 0 Å². The number of hydrogen-bond donors (Lipinski definition) is 10. The second-order valence-electron chi connectivity index (χ2n) is 9.44. The molecule has 0 unspecified atom stereocenters. The number of nitrogens with two attached hydrogens (primary N) is 4. The molecule has 0 heterocycles. The van der Waals surface area contributed by atoms with E-state index in [1.54, 1.807) is 13.8 Å². The molecule has 0 fully saturated rings. The van der Waals surface area contributed by atoms with Crippen LogP contribution in [-0.4, -0.2) is 95.7 Å². The lowest BCUT2D eigenvalue weighted by atomic mass is 10.0. The summed E-state index contributed by atoms with van der Waals surface area (Å²) in [6.45, 7) is 4.53. The highest BCUT2D eigenvalue weighted by Crippen LogP contribution is 2.06. The third-order valence-corrected chi connectivity index (χ3v) is 5.67. The lowest BCUT2D eigenvalue weighted by molar-refractivity contribution is -0.143. The fraction of sp³-hybridized carbons (Fsp3) is 0.739. The number of carboxylic acids is 1. The van der Waals surface area contributed by atoms with Crippen LogP contribution in [0.1, 0.15) is 52.9 Å². The molecule has 0 aromatic carbocycles. The molecule has 0 aliphatic rings. The van der Waals surface area contributed by atoms with Crippen molar-refractivity contribution in [1.29, 1.82) is 0 Å². The zero-order valence-electron chi connectivity index (χ0n) is 22.8. The topological polar surface area (TPSA) is 290 Å². The van der Waals surface area contributed by atoms with Crippen LogP contribution < -0.4 is 44.2 Å². The van der Waals surface area contributed by atoms with E-state index in [0.717, 1.165) is 0 Å². The summed E-state index contributed by atoms with van der Waals surface area (Å²) < 4.78 is 0. The van der Waals surface area contributed by atoms with Gasteiger partial charge in [0.2, 0.25) is 23.6 Å². The van der Waals surface area contributed by atoms with Crippen LogP contribution in [-0.2, 0) is 24.0 Å². The Morgan fingerprint density at radius 1 is 0.795 bits per heavy atom. The minimum Gasteiger partial charge on any atom is -0.480 e. The van der Waals surface area contributed by atoms with E-state index in [1.165, 1.54) is 6.92 Å². The summed E-state index contributed by atoms with van der Waals surface area (Å²) in [6.07, 6.45) is 1.60. The largest absolute Gasteiger partial charge is 0.480 e. The molecule has 0 aromatic heterocycles. The number of carboxylic acid groups (broad SMARTS) is 1. The number of amides is 4. The first kappa shape index (κ1) is 35.5. The summed E-state index contributed by atoms with van der Waals surface area (Å²) in [5.41, 5.74) is 21.7. The molecular weight excluding hydrogens is 514 g/mol. The third-order valence-electron chi connectivity index (χ3n) is 5.67. The van der Waals surface area contributed by atoms with E-state index < -0.39 is 72.3 Å². The molecule has 39 heavy (non-hydrogen) atoms. The average Bonchev–Trinajstić information content (AvgIpc) is 2.86. The van der Waals surface area contributed by atoms with Gasteiger partial charge in [0, 0.05) is 6.54 Å². The molecule has 4 amide bonds. The van der Waals surface area contributed by atoms with Gasteiger partial charge in [0.15, 0.2) is 5.96 Å². The van der Waals surface area contributed by atoms with Gasteiger partial charge in [0.1, 0.15) is 30.2 Å². The van der Waals surface area contributed by atoms with Crippen molar-refractivity contribution >= 4 is 35.6 Å². The molecular formula is C23H45N9O7. The second-order valence-corrected chi connectivity index (χ2v) is 9.44. The molecule has 14 N–H and O–H groups in total. The predicted molar refractivity (Wildman–Crippen MR) is 144 cm³/mol. The van der Waals surface area contributed by atoms with Crippen LogP contribution in [0, 0.1) is 5.92 Å². The monoisotopic (exact) mass is 559 g/mol. The molecule has 0 saturated carbocycles. The van der Waals surface area contributed by atoms with E-state index in [1.807, 2.05) is 0 Å². The summed E-state index contributed by atoms with van der Waals surface area (Å²) in [5.74, 6) is -4.61. The van der Waals surface area contributed by atoms with E-state index in [0.29, 0.717) is 25.8 Å². The Hall–Kier alpha value is -3.50. The summed E-state index contributed by atoms with van der Waals surface area (Å²) in [5, 5.41) is 28.4. The van der Waals surface area contributed by atoms with Gasteiger partial charge in [-0.25, -0.2) is 4.79 Å². The van der Waals surface area contributed by atoms with Crippen molar-refractivity contribution in [3.63, 3.8) is 0 Å². The molecule has 0 saturated heterocycles. The van der Waals surface area contributed by atoms with Crippen LogP contribution in [0.15, 0.2) is 4.99 Å². The third kappa shape index (κ3) is 14.3. The van der Waals surface area contributed by atoms with E-state index in [-0.39, 0.29) is 25.3 Å². The summed E-state index contributed by atoms with van der Waals surface area (Å²) in [6, 6.07) is -5.74. The molecule has 0 rings (SSSR count). The molecule has 0 aliphatic heterocycles. The summed E-state index contributed by atoms with van der Waals surface area (Å²) in [4.78, 5) is 66.1. The molecule has 16 heteroatoms. The minimum atomic E-state index is -1.26. The average molecular weight is 560 g/mol. The van der Waals surface area contributed by atoms with Gasteiger partial charge >= 0.3 is 5.97 Å². The number of nitrogens with one attached hydrogen (secondary N) is 4. The molecule has 0 spiro atoms. The highest BCUT2D eigenvalue weighted by Gasteiger charge is 2.30. The zero-order chi connectivity index (χ0) is 30.1. The van der Waals surface area contributed by atoms with Gasteiger partial charge in [-0.15, -0.1) is 0 Å². The van der Waals surface area contributed by atoms with Crippen molar-refractivity contribution in [3.05, 3.63) is 0 Å². The number of unbranched alkanes of at least 4 members (excludes halogenated alkanes) is 1. The van der Waals surface area contributed by atoms with Gasteiger partial charge in [0.05, 0.1) is 6.61 Å². The van der Waals surface area contributed by atoms with E-state index in [2.05, 4.69) is 26.3 Å². The van der Waals surface area contributed by atoms with Crippen LogP contribution in [0.2, 0.25) is 0 Å². The lowest BCUT2D eigenvalue weighted by Gasteiger charge is -2.25. The number of aliphatic hydroxyl groups is 1. The van der Waals surface area contributed by atoms with E-state index in [4.69, 9.17) is 28.0 Å². The molecule has 0 aliphatic carbocycles. The Kier molecular flexibility index (Phi) is 17.0. The van der Waals surface area contributed by atoms with Crippen LogP contribution >= 0.6 is 0 Å². The van der Waals surface area contributed by atoms with Crippen LogP contribution in [0.4, 0.5) is 0 Å². The Bertz CT molecular complexity index is 850. The van der Waals surface area contributed by atoms with Gasteiger partial charge in [-0.1, -0.05) is 13.8 Å². The van der Waals surface area contributed by atoms with Gasteiger partial charge in [-0.2, -0.15) is 0 Å². The number of carbonyl (C=O) groups is 5. The normalized spacial score (nSPS) is 14.7. The first-order valence-electron chi connectivity index (χ1n) is 12.8.